The summed E-state index contributed by atoms with van der Waals surface area (Å²) in [6, 6.07) is 0. The first-order chi connectivity index (χ1) is 10.6. The van der Waals surface area contributed by atoms with Crippen LogP contribution < -0.4 is 0 Å². The number of aliphatic carboxylic acids is 2. The van der Waals surface area contributed by atoms with Gasteiger partial charge in [0.15, 0.2) is 0 Å². The quantitative estimate of drug-likeness (QED) is 0.773. The van der Waals surface area contributed by atoms with Crippen LogP contribution in [0, 0.1) is 22.7 Å². The van der Waals surface area contributed by atoms with Crippen LogP contribution in [0.4, 0.5) is 0 Å². The standard InChI is InChI=1S/C17H24O6/c1-15-5-3-6-16(2,14(21)22)10(15)4-7-17(9-12(18)19)11(15)8-13(20)23-17/h10-11H,3-9H2,1-2H3,(H,18,19)(H,21,22). The second kappa shape index (κ2) is 4.95. The van der Waals surface area contributed by atoms with Gasteiger partial charge in [0.1, 0.15) is 5.60 Å². The zero-order chi connectivity index (χ0) is 17.0. The van der Waals surface area contributed by atoms with Gasteiger partial charge in [-0.15, -0.1) is 0 Å². The van der Waals surface area contributed by atoms with Crippen LogP contribution in [0.2, 0.25) is 0 Å². The van der Waals surface area contributed by atoms with E-state index in [0.717, 1.165) is 12.8 Å². The fourth-order valence-corrected chi connectivity index (χ4v) is 5.88. The van der Waals surface area contributed by atoms with Crippen LogP contribution in [0.3, 0.4) is 0 Å². The van der Waals surface area contributed by atoms with E-state index in [1.807, 2.05) is 6.92 Å². The number of ether oxygens (including phenoxy) is 1. The molecule has 6 nitrogen and oxygen atoms in total. The summed E-state index contributed by atoms with van der Waals surface area (Å²) in [6.07, 6.45) is 3.30. The van der Waals surface area contributed by atoms with Crippen LogP contribution in [-0.4, -0.2) is 33.7 Å². The number of hydrogen-bond donors (Lipinski definition) is 2. The summed E-state index contributed by atoms with van der Waals surface area (Å²) in [5.41, 5.74) is -2.13. The highest BCUT2D eigenvalue weighted by atomic mass is 16.6. The Kier molecular flexibility index (Phi) is 3.50. The highest BCUT2D eigenvalue weighted by Crippen LogP contribution is 2.65. The number of rotatable bonds is 3. The van der Waals surface area contributed by atoms with E-state index >= 15 is 0 Å². The second-order valence-corrected chi connectivity index (χ2v) is 8.04. The number of fused-ring (bicyclic) bond motifs is 3. The fourth-order valence-electron chi connectivity index (χ4n) is 5.88. The van der Waals surface area contributed by atoms with E-state index in [2.05, 4.69) is 0 Å². The Labute approximate surface area is 135 Å². The maximum atomic E-state index is 12.0. The zero-order valence-electron chi connectivity index (χ0n) is 13.6. The van der Waals surface area contributed by atoms with Crippen molar-refractivity contribution in [3.05, 3.63) is 0 Å². The third-order valence-electron chi connectivity index (χ3n) is 6.89. The van der Waals surface area contributed by atoms with Gasteiger partial charge >= 0.3 is 17.9 Å². The Morgan fingerprint density at radius 1 is 1.17 bits per heavy atom. The van der Waals surface area contributed by atoms with Crippen LogP contribution in [0.5, 0.6) is 0 Å². The molecule has 1 aliphatic heterocycles. The molecule has 0 aromatic rings. The normalized spacial score (nSPS) is 45.7. The largest absolute Gasteiger partial charge is 0.481 e. The Morgan fingerprint density at radius 2 is 1.87 bits per heavy atom. The SMILES string of the molecule is CC1(C(=O)O)CCCC2(C)C3CC(=O)OC3(CC(=O)O)CCC12. The molecule has 128 valence electrons. The van der Waals surface area contributed by atoms with Crippen molar-refractivity contribution in [2.45, 2.75) is 64.4 Å². The fraction of sp³-hybridized carbons (Fsp3) is 0.824. The van der Waals surface area contributed by atoms with Gasteiger partial charge in [-0.05, 0) is 43.9 Å². The molecule has 0 aromatic heterocycles. The monoisotopic (exact) mass is 324 g/mol. The summed E-state index contributed by atoms with van der Waals surface area (Å²) in [7, 11) is 0. The number of carbonyl (C=O) groups is 3. The van der Waals surface area contributed by atoms with E-state index < -0.39 is 23.0 Å². The maximum Gasteiger partial charge on any atom is 0.309 e. The average Bonchev–Trinajstić information content (AvgIpc) is 2.75. The van der Waals surface area contributed by atoms with E-state index in [-0.39, 0.29) is 36.1 Å². The van der Waals surface area contributed by atoms with Crippen molar-refractivity contribution in [1.82, 2.24) is 0 Å². The van der Waals surface area contributed by atoms with E-state index in [0.29, 0.717) is 19.3 Å². The summed E-state index contributed by atoms with van der Waals surface area (Å²) in [5, 5.41) is 19.0. The van der Waals surface area contributed by atoms with Crippen LogP contribution in [0.15, 0.2) is 0 Å². The Balaban J connectivity index is 2.03. The van der Waals surface area contributed by atoms with Gasteiger partial charge in [-0.1, -0.05) is 13.3 Å². The lowest BCUT2D eigenvalue weighted by Crippen LogP contribution is -2.59. The van der Waals surface area contributed by atoms with Crippen LogP contribution >= 0.6 is 0 Å². The summed E-state index contributed by atoms with van der Waals surface area (Å²) in [4.78, 5) is 35.2. The number of carboxylic acids is 2. The summed E-state index contributed by atoms with van der Waals surface area (Å²) in [5.74, 6) is -2.37. The third-order valence-corrected chi connectivity index (χ3v) is 6.89. The van der Waals surface area contributed by atoms with E-state index in [4.69, 9.17) is 4.74 Å². The van der Waals surface area contributed by atoms with Gasteiger partial charge in [0.25, 0.3) is 0 Å². The van der Waals surface area contributed by atoms with Crippen molar-refractivity contribution in [3.8, 4) is 0 Å². The average molecular weight is 324 g/mol. The van der Waals surface area contributed by atoms with E-state index in [9.17, 15) is 24.6 Å². The first-order valence-corrected chi connectivity index (χ1v) is 8.31. The lowest BCUT2D eigenvalue weighted by atomic mass is 9.44. The molecule has 0 radical (unpaired) electrons. The molecule has 0 aromatic carbocycles. The summed E-state index contributed by atoms with van der Waals surface area (Å²) >= 11 is 0. The molecule has 2 saturated carbocycles. The molecule has 0 bridgehead atoms. The van der Waals surface area contributed by atoms with Gasteiger partial charge in [-0.25, -0.2) is 0 Å². The van der Waals surface area contributed by atoms with Crippen molar-refractivity contribution in [3.63, 3.8) is 0 Å². The molecule has 3 rings (SSSR count). The molecule has 5 unspecified atom stereocenters. The topological polar surface area (TPSA) is 101 Å². The Morgan fingerprint density at radius 3 is 2.48 bits per heavy atom. The molecule has 3 fully saturated rings. The lowest BCUT2D eigenvalue weighted by Gasteiger charge is -2.59. The lowest BCUT2D eigenvalue weighted by molar-refractivity contribution is -0.190. The van der Waals surface area contributed by atoms with Gasteiger partial charge in [-0.2, -0.15) is 0 Å². The molecule has 6 heteroatoms. The smallest absolute Gasteiger partial charge is 0.309 e. The minimum atomic E-state index is -0.969. The van der Waals surface area contributed by atoms with Gasteiger partial charge in [-0.3, -0.25) is 14.4 Å². The molecule has 2 N–H and O–H groups in total. The Hall–Kier alpha value is -1.59. The van der Waals surface area contributed by atoms with Crippen LogP contribution in [-0.2, 0) is 19.1 Å². The molecular formula is C17H24O6. The molecule has 0 spiro atoms. The van der Waals surface area contributed by atoms with Gasteiger partial charge in [0.2, 0.25) is 0 Å². The summed E-state index contributed by atoms with van der Waals surface area (Å²) < 4.78 is 5.54. The molecule has 1 saturated heterocycles. The number of esters is 1. The van der Waals surface area contributed by atoms with Gasteiger partial charge in [0.05, 0.1) is 18.3 Å². The molecule has 3 aliphatic rings. The molecule has 2 aliphatic carbocycles. The summed E-state index contributed by atoms with van der Waals surface area (Å²) in [6.45, 7) is 3.85. The molecule has 0 amide bonds. The van der Waals surface area contributed by atoms with Gasteiger partial charge in [0, 0.05) is 5.92 Å². The van der Waals surface area contributed by atoms with Crippen molar-refractivity contribution in [2.75, 3.05) is 0 Å². The highest BCUT2D eigenvalue weighted by molar-refractivity contribution is 5.77. The predicted molar refractivity (Wildman–Crippen MR) is 79.6 cm³/mol. The van der Waals surface area contributed by atoms with Crippen molar-refractivity contribution in [2.24, 2.45) is 22.7 Å². The number of hydrogen-bond acceptors (Lipinski definition) is 4. The highest BCUT2D eigenvalue weighted by Gasteiger charge is 2.66. The second-order valence-electron chi connectivity index (χ2n) is 8.04. The van der Waals surface area contributed by atoms with Crippen molar-refractivity contribution < 1.29 is 29.3 Å². The third kappa shape index (κ3) is 2.17. The minimum absolute atomic E-state index is 0.0531. The zero-order valence-corrected chi connectivity index (χ0v) is 13.6. The molecule has 5 atom stereocenters. The number of carboxylic acid groups (broad SMARTS) is 2. The van der Waals surface area contributed by atoms with Gasteiger partial charge < -0.3 is 14.9 Å². The first kappa shape index (κ1) is 16.3. The maximum absolute atomic E-state index is 12.0. The molecule has 23 heavy (non-hydrogen) atoms. The Bertz CT molecular complexity index is 571. The molecule has 1 heterocycles. The minimum Gasteiger partial charge on any atom is -0.481 e. The van der Waals surface area contributed by atoms with Crippen molar-refractivity contribution >= 4 is 17.9 Å². The van der Waals surface area contributed by atoms with Crippen molar-refractivity contribution in [1.29, 1.82) is 0 Å². The first-order valence-electron chi connectivity index (χ1n) is 8.31. The van der Waals surface area contributed by atoms with Crippen LogP contribution in [0.1, 0.15) is 58.8 Å². The molecular weight excluding hydrogens is 300 g/mol. The number of carbonyl (C=O) groups excluding carboxylic acids is 1. The van der Waals surface area contributed by atoms with E-state index in [1.165, 1.54) is 0 Å². The predicted octanol–water partition coefficient (Wildman–Crippen LogP) is 2.45. The van der Waals surface area contributed by atoms with E-state index in [1.54, 1.807) is 6.92 Å². The van der Waals surface area contributed by atoms with Crippen LogP contribution in [0.25, 0.3) is 0 Å².